The van der Waals surface area contributed by atoms with E-state index < -0.39 is 11.9 Å². The average Bonchev–Trinajstić information content (AvgIpc) is 2.85. The Morgan fingerprint density at radius 3 is 2.54 bits per heavy atom. The van der Waals surface area contributed by atoms with Crippen LogP contribution in [0.5, 0.6) is 5.75 Å². The van der Waals surface area contributed by atoms with Crippen LogP contribution in [0.25, 0.3) is 11.3 Å². The maximum Gasteiger partial charge on any atom is 0.307 e. The van der Waals surface area contributed by atoms with Gasteiger partial charge in [-0.25, -0.2) is 4.68 Å². The van der Waals surface area contributed by atoms with Crippen molar-refractivity contribution in [2.75, 3.05) is 12.8 Å². The van der Waals surface area contributed by atoms with Gasteiger partial charge in [-0.3, -0.25) is 9.59 Å². The van der Waals surface area contributed by atoms with Crippen molar-refractivity contribution in [1.29, 1.82) is 0 Å². The first-order valence-electron chi connectivity index (χ1n) is 7.33. The molecule has 0 fully saturated rings. The van der Waals surface area contributed by atoms with Crippen molar-refractivity contribution in [3.8, 4) is 17.0 Å². The van der Waals surface area contributed by atoms with Crippen LogP contribution in [-0.4, -0.2) is 33.9 Å². The Kier molecular flexibility index (Phi) is 4.77. The van der Waals surface area contributed by atoms with Crippen molar-refractivity contribution in [3.63, 3.8) is 0 Å². The van der Waals surface area contributed by atoms with Crippen LogP contribution in [0.4, 0.5) is 5.82 Å². The molecular weight excluding hydrogens is 312 g/mol. The highest BCUT2D eigenvalue weighted by Gasteiger charge is 2.23. The topological polar surface area (TPSA) is 133 Å². The molecule has 0 aliphatic carbocycles. The molecule has 1 aromatic heterocycles. The van der Waals surface area contributed by atoms with Crippen molar-refractivity contribution in [2.24, 2.45) is 5.73 Å². The molecule has 2 rings (SSSR count). The van der Waals surface area contributed by atoms with E-state index in [0.29, 0.717) is 22.6 Å². The number of ether oxygens (including phenoxy) is 1. The van der Waals surface area contributed by atoms with Gasteiger partial charge in [0, 0.05) is 17.2 Å². The second-order valence-electron chi connectivity index (χ2n) is 5.61. The zero-order valence-electron chi connectivity index (χ0n) is 13.7. The fourth-order valence-corrected chi connectivity index (χ4v) is 2.49. The number of nitrogens with two attached hydrogens (primary N) is 2. The molecular formula is C16H20N4O4. The minimum Gasteiger partial charge on any atom is -0.496 e. The van der Waals surface area contributed by atoms with Crippen LogP contribution < -0.4 is 16.2 Å². The largest absolute Gasteiger partial charge is 0.496 e. The van der Waals surface area contributed by atoms with Crippen LogP contribution in [0.15, 0.2) is 18.2 Å². The molecule has 128 valence electrons. The molecule has 0 unspecified atom stereocenters. The minimum absolute atomic E-state index is 0.0509. The van der Waals surface area contributed by atoms with Crippen molar-refractivity contribution < 1.29 is 19.4 Å². The molecule has 1 amide bonds. The maximum atomic E-state index is 11.8. The summed E-state index contributed by atoms with van der Waals surface area (Å²) in [7, 11) is 1.44. The number of anilines is 1. The van der Waals surface area contributed by atoms with Crippen LogP contribution in [0, 0.1) is 0 Å². The third-order valence-corrected chi connectivity index (χ3v) is 3.59. The molecule has 1 aromatic carbocycles. The van der Waals surface area contributed by atoms with Crippen molar-refractivity contribution >= 4 is 17.7 Å². The number of carboxylic acids is 1. The zero-order chi connectivity index (χ0) is 18.0. The number of carbonyl (C=O) groups is 2. The van der Waals surface area contributed by atoms with Crippen LogP contribution in [0.2, 0.25) is 0 Å². The maximum absolute atomic E-state index is 11.8. The molecule has 0 spiro atoms. The van der Waals surface area contributed by atoms with Crippen LogP contribution in [-0.2, 0) is 11.2 Å². The number of amides is 1. The lowest BCUT2D eigenvalue weighted by molar-refractivity contribution is -0.136. The molecule has 0 aliphatic heterocycles. The van der Waals surface area contributed by atoms with Crippen molar-refractivity contribution in [1.82, 2.24) is 9.78 Å². The molecule has 0 saturated carbocycles. The first kappa shape index (κ1) is 17.3. The molecule has 8 nitrogen and oxygen atoms in total. The Bertz CT molecular complexity index is 796. The fourth-order valence-electron chi connectivity index (χ4n) is 2.49. The standard InChI is InChI=1S/C16H20N4O4/c1-8(2)20-15(17)13(16(18)23)14(19-20)10-5-4-9(7-12(21)22)11(6-10)24-3/h4-6,8H,7,17H2,1-3H3,(H2,18,23)(H,21,22). The Labute approximate surface area is 139 Å². The number of nitrogen functional groups attached to an aromatic ring is 1. The number of hydrogen-bond donors (Lipinski definition) is 3. The average molecular weight is 332 g/mol. The molecule has 1 heterocycles. The number of carboxylic acid groups (broad SMARTS) is 1. The van der Waals surface area contributed by atoms with Crippen molar-refractivity contribution in [3.05, 3.63) is 29.3 Å². The predicted octanol–water partition coefficient (Wildman–Crippen LogP) is 1.45. The summed E-state index contributed by atoms with van der Waals surface area (Å²) in [5.74, 6) is -1.06. The lowest BCUT2D eigenvalue weighted by atomic mass is 10.0. The third-order valence-electron chi connectivity index (χ3n) is 3.59. The molecule has 0 radical (unpaired) electrons. The first-order chi connectivity index (χ1) is 11.3. The first-order valence-corrected chi connectivity index (χ1v) is 7.33. The van der Waals surface area contributed by atoms with Gasteiger partial charge in [-0.2, -0.15) is 5.10 Å². The quantitative estimate of drug-likeness (QED) is 0.733. The summed E-state index contributed by atoms with van der Waals surface area (Å²) in [5.41, 5.74) is 13.0. The number of nitrogens with zero attached hydrogens (tertiary/aromatic N) is 2. The highest BCUT2D eigenvalue weighted by Crippen LogP contribution is 2.32. The second-order valence-corrected chi connectivity index (χ2v) is 5.61. The van der Waals surface area contributed by atoms with E-state index in [9.17, 15) is 9.59 Å². The monoisotopic (exact) mass is 332 g/mol. The van der Waals surface area contributed by atoms with E-state index in [1.807, 2.05) is 13.8 Å². The van der Waals surface area contributed by atoms with E-state index in [0.717, 1.165) is 0 Å². The van der Waals surface area contributed by atoms with E-state index in [2.05, 4.69) is 5.10 Å². The number of aliphatic carboxylic acids is 1. The normalized spacial score (nSPS) is 10.8. The summed E-state index contributed by atoms with van der Waals surface area (Å²) < 4.78 is 6.77. The van der Waals surface area contributed by atoms with Gasteiger partial charge in [0.25, 0.3) is 5.91 Å². The van der Waals surface area contributed by atoms with Gasteiger partial charge in [0.15, 0.2) is 0 Å². The van der Waals surface area contributed by atoms with E-state index >= 15 is 0 Å². The summed E-state index contributed by atoms with van der Waals surface area (Å²) in [5, 5.41) is 13.3. The number of hydrogen-bond acceptors (Lipinski definition) is 5. The molecule has 0 aliphatic rings. The summed E-state index contributed by atoms with van der Waals surface area (Å²) in [4.78, 5) is 22.7. The van der Waals surface area contributed by atoms with Gasteiger partial charge >= 0.3 is 5.97 Å². The number of rotatable bonds is 6. The van der Waals surface area contributed by atoms with Crippen LogP contribution >= 0.6 is 0 Å². The smallest absolute Gasteiger partial charge is 0.307 e. The van der Waals surface area contributed by atoms with E-state index in [1.54, 1.807) is 18.2 Å². The Morgan fingerprint density at radius 2 is 2.04 bits per heavy atom. The van der Waals surface area contributed by atoms with Gasteiger partial charge in [-0.05, 0) is 19.9 Å². The highest BCUT2D eigenvalue weighted by molar-refractivity contribution is 6.03. The van der Waals surface area contributed by atoms with Gasteiger partial charge in [0.2, 0.25) is 0 Å². The Morgan fingerprint density at radius 1 is 1.38 bits per heavy atom. The predicted molar refractivity (Wildman–Crippen MR) is 88.9 cm³/mol. The van der Waals surface area contributed by atoms with Gasteiger partial charge in [0.05, 0.1) is 13.5 Å². The van der Waals surface area contributed by atoms with Gasteiger partial charge in [-0.1, -0.05) is 12.1 Å². The summed E-state index contributed by atoms with van der Waals surface area (Å²) >= 11 is 0. The van der Waals surface area contributed by atoms with Crippen LogP contribution in [0.1, 0.15) is 35.8 Å². The number of aromatic nitrogens is 2. The van der Waals surface area contributed by atoms with Crippen molar-refractivity contribution in [2.45, 2.75) is 26.3 Å². The highest BCUT2D eigenvalue weighted by atomic mass is 16.5. The Balaban J connectivity index is 2.61. The second kappa shape index (κ2) is 6.61. The number of primary amides is 1. The molecule has 0 atom stereocenters. The van der Waals surface area contributed by atoms with Gasteiger partial charge < -0.3 is 21.3 Å². The lowest BCUT2D eigenvalue weighted by Gasteiger charge is -2.09. The summed E-state index contributed by atoms with van der Waals surface area (Å²) in [6.07, 6.45) is -0.172. The summed E-state index contributed by atoms with van der Waals surface area (Å²) in [6, 6.07) is 4.86. The van der Waals surface area contributed by atoms with E-state index in [4.69, 9.17) is 21.3 Å². The molecule has 5 N–H and O–H groups in total. The Hall–Kier alpha value is -3.03. The van der Waals surface area contributed by atoms with Crippen LogP contribution in [0.3, 0.4) is 0 Å². The van der Waals surface area contributed by atoms with E-state index in [-0.39, 0.29) is 23.8 Å². The number of benzene rings is 1. The number of methoxy groups -OCH3 is 1. The summed E-state index contributed by atoms with van der Waals surface area (Å²) in [6.45, 7) is 3.77. The van der Waals surface area contributed by atoms with E-state index in [1.165, 1.54) is 11.8 Å². The molecule has 0 saturated heterocycles. The SMILES string of the molecule is COc1cc(-c2nn(C(C)C)c(N)c2C(N)=O)ccc1CC(=O)O. The minimum atomic E-state index is -0.966. The fraction of sp³-hybridized carbons (Fsp3) is 0.312. The lowest BCUT2D eigenvalue weighted by Crippen LogP contribution is -2.15. The number of carbonyl (C=O) groups excluding carboxylic acids is 1. The van der Waals surface area contributed by atoms with Gasteiger partial charge in [-0.15, -0.1) is 0 Å². The third kappa shape index (κ3) is 3.17. The molecule has 8 heteroatoms. The zero-order valence-corrected chi connectivity index (χ0v) is 13.7. The molecule has 2 aromatic rings. The molecule has 24 heavy (non-hydrogen) atoms. The molecule has 0 bridgehead atoms. The van der Waals surface area contributed by atoms with Gasteiger partial charge in [0.1, 0.15) is 22.8 Å².